The smallest absolute Gasteiger partial charge is 0.158 e. The van der Waals surface area contributed by atoms with Crippen LogP contribution in [-0.2, 0) is 4.79 Å². The van der Waals surface area contributed by atoms with Crippen molar-refractivity contribution in [2.24, 2.45) is 29.1 Å². The van der Waals surface area contributed by atoms with Crippen LogP contribution in [0.5, 0.6) is 0 Å². The number of aliphatic hydroxyl groups excluding tert-OH is 2. The molecule has 164 valence electrons. The molecular weight excluding hydrogens is 372 g/mol. The Balaban J connectivity index is 1.49. The van der Waals surface area contributed by atoms with Gasteiger partial charge in [-0.3, -0.25) is 4.79 Å². The summed E-state index contributed by atoms with van der Waals surface area (Å²) >= 11 is 0. The molecule has 2 N–H and O–H groups in total. The standard InChI is InChI=1S/C27H38O3/c1-17(6-13-25(29)20-8-9-20)23-11-12-24-19(5-4-14-27(23,24)3)7-10-21-15-22(28)16-26(30)18(21)2/h6-7,10,13,17,20,22-24,26,28,30H,2,4-5,8-9,11-12,14-16H2,1,3H3/b13-6+,19-7+,21-10-/t17-,22-,23-,24+,26+,27-/m0/s1. The normalized spacial score (nSPS) is 40.9. The van der Waals surface area contributed by atoms with Crippen LogP contribution in [0.1, 0.15) is 71.6 Å². The minimum Gasteiger partial charge on any atom is -0.393 e. The van der Waals surface area contributed by atoms with Crippen molar-refractivity contribution < 1.29 is 15.0 Å². The lowest BCUT2D eigenvalue weighted by atomic mass is 9.61. The van der Waals surface area contributed by atoms with Gasteiger partial charge in [-0.2, -0.15) is 0 Å². The molecule has 0 unspecified atom stereocenters. The number of fused-ring (bicyclic) bond motifs is 1. The summed E-state index contributed by atoms with van der Waals surface area (Å²) in [6.07, 6.45) is 16.5. The van der Waals surface area contributed by atoms with Gasteiger partial charge in [-0.1, -0.05) is 44.2 Å². The fourth-order valence-electron chi connectivity index (χ4n) is 6.49. The van der Waals surface area contributed by atoms with Crippen LogP contribution in [0.4, 0.5) is 0 Å². The van der Waals surface area contributed by atoms with Gasteiger partial charge in [0.05, 0.1) is 12.2 Å². The number of carbonyl (C=O) groups excluding carboxylic acids is 1. The lowest BCUT2D eigenvalue weighted by molar-refractivity contribution is -0.115. The van der Waals surface area contributed by atoms with Gasteiger partial charge in [0, 0.05) is 12.3 Å². The van der Waals surface area contributed by atoms with Crippen molar-refractivity contribution in [2.45, 2.75) is 83.8 Å². The number of rotatable bonds is 5. The van der Waals surface area contributed by atoms with Crippen molar-refractivity contribution in [3.63, 3.8) is 0 Å². The van der Waals surface area contributed by atoms with E-state index in [9.17, 15) is 15.0 Å². The highest BCUT2D eigenvalue weighted by Gasteiger charge is 2.50. The minimum atomic E-state index is -0.628. The Morgan fingerprint density at radius 2 is 1.97 bits per heavy atom. The molecule has 0 aromatic carbocycles. The predicted octanol–water partition coefficient (Wildman–Crippen LogP) is 5.30. The summed E-state index contributed by atoms with van der Waals surface area (Å²) in [5.41, 5.74) is 3.56. The summed E-state index contributed by atoms with van der Waals surface area (Å²) in [5, 5.41) is 20.1. The largest absolute Gasteiger partial charge is 0.393 e. The Kier molecular flexibility index (Phi) is 6.23. The van der Waals surface area contributed by atoms with Crippen LogP contribution in [0, 0.1) is 29.1 Å². The molecule has 0 heterocycles. The van der Waals surface area contributed by atoms with E-state index in [4.69, 9.17) is 0 Å². The molecule has 0 aromatic rings. The van der Waals surface area contributed by atoms with Crippen molar-refractivity contribution in [1.82, 2.24) is 0 Å². The quantitative estimate of drug-likeness (QED) is 0.605. The third kappa shape index (κ3) is 4.29. The summed E-state index contributed by atoms with van der Waals surface area (Å²) in [5.74, 6) is 2.28. The average molecular weight is 411 g/mol. The zero-order valence-corrected chi connectivity index (χ0v) is 18.6. The maximum atomic E-state index is 12.1. The Morgan fingerprint density at radius 1 is 1.20 bits per heavy atom. The Morgan fingerprint density at radius 3 is 2.70 bits per heavy atom. The van der Waals surface area contributed by atoms with E-state index in [1.165, 1.54) is 31.3 Å². The molecule has 0 bridgehead atoms. The number of carbonyl (C=O) groups is 1. The highest BCUT2D eigenvalue weighted by atomic mass is 16.3. The average Bonchev–Trinajstić information content (AvgIpc) is 3.49. The maximum absolute atomic E-state index is 12.1. The summed E-state index contributed by atoms with van der Waals surface area (Å²) in [6.45, 7) is 8.81. The summed E-state index contributed by atoms with van der Waals surface area (Å²) < 4.78 is 0. The van der Waals surface area contributed by atoms with E-state index in [0.717, 1.165) is 30.4 Å². The molecule has 4 rings (SSSR count). The Labute approximate surface area is 181 Å². The molecule has 4 fully saturated rings. The fourth-order valence-corrected chi connectivity index (χ4v) is 6.49. The minimum absolute atomic E-state index is 0.289. The van der Waals surface area contributed by atoms with Crippen LogP contribution >= 0.6 is 0 Å². The van der Waals surface area contributed by atoms with E-state index < -0.39 is 12.2 Å². The molecule has 0 spiro atoms. The lowest BCUT2D eigenvalue weighted by Gasteiger charge is -2.44. The maximum Gasteiger partial charge on any atom is 0.158 e. The van der Waals surface area contributed by atoms with Crippen molar-refractivity contribution >= 4 is 5.78 Å². The van der Waals surface area contributed by atoms with Gasteiger partial charge in [0.15, 0.2) is 5.78 Å². The van der Waals surface area contributed by atoms with Gasteiger partial charge in [0.25, 0.3) is 0 Å². The molecule has 3 heteroatoms. The molecule has 30 heavy (non-hydrogen) atoms. The van der Waals surface area contributed by atoms with E-state index in [1.807, 2.05) is 6.08 Å². The number of ketones is 1. The summed E-state index contributed by atoms with van der Waals surface area (Å²) in [6, 6.07) is 0. The predicted molar refractivity (Wildman–Crippen MR) is 121 cm³/mol. The van der Waals surface area contributed by atoms with Crippen molar-refractivity contribution in [3.8, 4) is 0 Å². The fraction of sp³-hybridized carbons (Fsp3) is 0.667. The van der Waals surface area contributed by atoms with Gasteiger partial charge < -0.3 is 10.2 Å². The molecule has 0 amide bonds. The Bertz CT molecular complexity index is 784. The van der Waals surface area contributed by atoms with E-state index >= 15 is 0 Å². The molecule has 3 nitrogen and oxygen atoms in total. The molecular formula is C27H38O3. The number of aliphatic hydroxyl groups is 2. The second kappa shape index (κ2) is 8.59. The van der Waals surface area contributed by atoms with Gasteiger partial charge in [-0.05, 0) is 91.8 Å². The second-order valence-electron chi connectivity index (χ2n) is 10.6. The summed E-state index contributed by atoms with van der Waals surface area (Å²) in [7, 11) is 0. The number of hydrogen-bond acceptors (Lipinski definition) is 3. The van der Waals surface area contributed by atoms with E-state index in [0.29, 0.717) is 42.3 Å². The van der Waals surface area contributed by atoms with Crippen molar-refractivity contribution in [1.29, 1.82) is 0 Å². The first-order chi connectivity index (χ1) is 14.3. The van der Waals surface area contributed by atoms with Crippen LogP contribution < -0.4 is 0 Å². The SMILES string of the molecule is C=C1/C(=C\C=C2/CCC[C@]3(C)[C@@H]2CC[C@H]3[C@@H](C)/C=C/C(=O)C2CC2)C[C@H](O)C[C@H]1O. The van der Waals surface area contributed by atoms with E-state index in [1.54, 1.807) is 0 Å². The molecule has 6 atom stereocenters. The van der Waals surface area contributed by atoms with Crippen LogP contribution in [0.15, 0.2) is 47.6 Å². The molecule has 4 saturated carbocycles. The zero-order valence-electron chi connectivity index (χ0n) is 18.6. The highest BCUT2D eigenvalue weighted by Crippen LogP contribution is 2.59. The molecule has 4 aliphatic carbocycles. The number of allylic oxidation sites excluding steroid dienone is 5. The molecule has 0 aliphatic heterocycles. The number of hydrogen-bond donors (Lipinski definition) is 2. The van der Waals surface area contributed by atoms with Gasteiger partial charge >= 0.3 is 0 Å². The van der Waals surface area contributed by atoms with Gasteiger partial charge in [-0.15, -0.1) is 0 Å². The monoisotopic (exact) mass is 410 g/mol. The highest BCUT2D eigenvalue weighted by molar-refractivity contribution is 5.93. The summed E-state index contributed by atoms with van der Waals surface area (Å²) in [4.78, 5) is 12.1. The molecule has 0 aromatic heterocycles. The Hall–Kier alpha value is -1.45. The molecule has 4 aliphatic rings. The molecule has 0 radical (unpaired) electrons. The third-order valence-corrected chi connectivity index (χ3v) is 8.48. The van der Waals surface area contributed by atoms with Crippen molar-refractivity contribution in [2.75, 3.05) is 0 Å². The van der Waals surface area contributed by atoms with E-state index in [-0.39, 0.29) is 5.41 Å². The zero-order chi connectivity index (χ0) is 21.5. The van der Waals surface area contributed by atoms with Gasteiger partial charge in [-0.25, -0.2) is 0 Å². The first-order valence-electron chi connectivity index (χ1n) is 12.0. The first kappa shape index (κ1) is 21.8. The van der Waals surface area contributed by atoms with Gasteiger partial charge in [0.2, 0.25) is 0 Å². The molecule has 0 saturated heterocycles. The third-order valence-electron chi connectivity index (χ3n) is 8.48. The van der Waals surface area contributed by atoms with Crippen LogP contribution in [-0.4, -0.2) is 28.2 Å². The van der Waals surface area contributed by atoms with Gasteiger partial charge in [0.1, 0.15) is 0 Å². The van der Waals surface area contributed by atoms with E-state index in [2.05, 4.69) is 38.7 Å². The van der Waals surface area contributed by atoms with Crippen molar-refractivity contribution in [3.05, 3.63) is 47.6 Å². The van der Waals surface area contributed by atoms with Crippen LogP contribution in [0.2, 0.25) is 0 Å². The lowest BCUT2D eigenvalue weighted by Crippen LogP contribution is -2.35. The van der Waals surface area contributed by atoms with Crippen LogP contribution in [0.25, 0.3) is 0 Å². The topological polar surface area (TPSA) is 57.5 Å². The second-order valence-corrected chi connectivity index (χ2v) is 10.6. The van der Waals surface area contributed by atoms with Crippen LogP contribution in [0.3, 0.4) is 0 Å². The first-order valence-corrected chi connectivity index (χ1v) is 12.0.